The molecule has 1 amide bonds. The van der Waals surface area contributed by atoms with Gasteiger partial charge in [-0.2, -0.15) is 13.2 Å². The number of ether oxygens (including phenoxy) is 1. The van der Waals surface area contributed by atoms with Crippen molar-refractivity contribution >= 4 is 38.3 Å². The van der Waals surface area contributed by atoms with E-state index in [9.17, 15) is 22.4 Å². The number of carbonyl (C=O) groups excluding carboxylic acids is 1. The van der Waals surface area contributed by atoms with Crippen LogP contribution in [-0.4, -0.2) is 12.1 Å². The number of fused-ring (bicyclic) bond motifs is 1. The lowest BCUT2D eigenvalue weighted by Crippen LogP contribution is -2.30. The van der Waals surface area contributed by atoms with Crippen molar-refractivity contribution in [3.8, 4) is 5.75 Å². The Hall–Kier alpha value is -2.61. The highest BCUT2D eigenvalue weighted by Gasteiger charge is 2.39. The molecule has 0 unspecified atom stereocenters. The predicted octanol–water partition coefficient (Wildman–Crippen LogP) is 5.82. The highest BCUT2D eigenvalue weighted by molar-refractivity contribution is 9.10. The molecule has 140 valence electrons. The Balaban J connectivity index is 2.04. The third-order valence-electron chi connectivity index (χ3n) is 3.74. The molecule has 3 aromatic rings. The van der Waals surface area contributed by atoms with Crippen LogP contribution in [0.1, 0.15) is 5.56 Å². The van der Waals surface area contributed by atoms with Crippen molar-refractivity contribution in [1.29, 1.82) is 0 Å². The Morgan fingerprint density at radius 3 is 2.44 bits per heavy atom. The van der Waals surface area contributed by atoms with Crippen molar-refractivity contribution in [3.05, 3.63) is 70.5 Å². The van der Waals surface area contributed by atoms with E-state index in [0.717, 1.165) is 5.56 Å². The van der Waals surface area contributed by atoms with Gasteiger partial charge >= 0.3 is 12.1 Å². The van der Waals surface area contributed by atoms with Crippen LogP contribution < -0.4 is 10.1 Å². The topological polar surface area (TPSA) is 38.3 Å². The van der Waals surface area contributed by atoms with Gasteiger partial charge in [0, 0.05) is 9.86 Å². The molecule has 0 radical (unpaired) electrons. The van der Waals surface area contributed by atoms with Crippen LogP contribution in [0.15, 0.2) is 59.1 Å². The summed E-state index contributed by atoms with van der Waals surface area (Å²) >= 11 is 3.19. The first-order chi connectivity index (χ1) is 12.8. The van der Waals surface area contributed by atoms with E-state index in [4.69, 9.17) is 4.74 Å². The number of rotatable bonds is 4. The number of alkyl halides is 3. The number of amides is 1. The summed E-state index contributed by atoms with van der Waals surface area (Å²) in [5.41, 5.74) is 0.0840. The van der Waals surface area contributed by atoms with Gasteiger partial charge in [0.05, 0.1) is 0 Å². The maximum atomic E-state index is 14.9. The summed E-state index contributed by atoms with van der Waals surface area (Å²) in [5, 5.41) is 2.06. The maximum Gasteiger partial charge on any atom is 0.471 e. The molecule has 3 rings (SSSR count). The molecule has 0 fully saturated rings. The SMILES string of the molecule is O=C(Nc1c(OCc2ccccc2)cc2ccc(Br)cc2c1F)C(F)(F)F. The fourth-order valence-electron chi connectivity index (χ4n) is 2.45. The summed E-state index contributed by atoms with van der Waals surface area (Å²) in [4.78, 5) is 11.3. The highest BCUT2D eigenvalue weighted by atomic mass is 79.9. The minimum atomic E-state index is -5.16. The molecule has 0 bridgehead atoms. The highest BCUT2D eigenvalue weighted by Crippen LogP contribution is 2.37. The monoisotopic (exact) mass is 441 g/mol. The zero-order chi connectivity index (χ0) is 19.6. The summed E-state index contributed by atoms with van der Waals surface area (Å²) in [5.74, 6) is -3.47. The summed E-state index contributed by atoms with van der Waals surface area (Å²) in [6.07, 6.45) is -5.16. The van der Waals surface area contributed by atoms with E-state index in [-0.39, 0.29) is 17.7 Å². The van der Waals surface area contributed by atoms with E-state index in [1.165, 1.54) is 12.1 Å². The van der Waals surface area contributed by atoms with E-state index in [1.807, 2.05) is 0 Å². The lowest BCUT2D eigenvalue weighted by Gasteiger charge is -2.16. The zero-order valence-corrected chi connectivity index (χ0v) is 15.2. The first-order valence-electron chi connectivity index (χ1n) is 7.72. The molecule has 0 spiro atoms. The first kappa shape index (κ1) is 19.2. The van der Waals surface area contributed by atoms with Gasteiger partial charge in [0.25, 0.3) is 0 Å². The van der Waals surface area contributed by atoms with Crippen LogP contribution in [0.3, 0.4) is 0 Å². The Kier molecular flexibility index (Phi) is 5.36. The molecule has 0 aliphatic rings. The molecule has 3 aromatic carbocycles. The Bertz CT molecular complexity index is 990. The molecule has 0 atom stereocenters. The predicted molar refractivity (Wildman–Crippen MR) is 97.1 cm³/mol. The molecule has 0 aromatic heterocycles. The third-order valence-corrected chi connectivity index (χ3v) is 4.23. The van der Waals surface area contributed by atoms with Gasteiger partial charge < -0.3 is 10.1 Å². The van der Waals surface area contributed by atoms with E-state index >= 15 is 0 Å². The van der Waals surface area contributed by atoms with E-state index < -0.39 is 23.6 Å². The fourth-order valence-corrected chi connectivity index (χ4v) is 2.81. The minimum absolute atomic E-state index is 0.00277. The van der Waals surface area contributed by atoms with Crippen LogP contribution in [0, 0.1) is 5.82 Å². The second-order valence-electron chi connectivity index (χ2n) is 5.66. The van der Waals surface area contributed by atoms with Crippen molar-refractivity contribution in [2.75, 3.05) is 5.32 Å². The number of anilines is 1. The average Bonchev–Trinajstić information content (AvgIpc) is 2.63. The van der Waals surface area contributed by atoms with Gasteiger partial charge in [-0.25, -0.2) is 4.39 Å². The Labute approximate surface area is 160 Å². The third kappa shape index (κ3) is 4.39. The smallest absolute Gasteiger partial charge is 0.471 e. The van der Waals surface area contributed by atoms with Gasteiger partial charge in [-0.05, 0) is 29.1 Å². The van der Waals surface area contributed by atoms with Crippen molar-refractivity contribution in [2.45, 2.75) is 12.8 Å². The molecule has 1 N–H and O–H groups in total. The van der Waals surface area contributed by atoms with Crippen molar-refractivity contribution in [3.63, 3.8) is 0 Å². The lowest BCUT2D eigenvalue weighted by atomic mass is 10.1. The molecule has 0 aliphatic carbocycles. The molecule has 3 nitrogen and oxygen atoms in total. The van der Waals surface area contributed by atoms with E-state index in [0.29, 0.717) is 9.86 Å². The minimum Gasteiger partial charge on any atom is -0.487 e. The van der Waals surface area contributed by atoms with Gasteiger partial charge in [0.1, 0.15) is 18.0 Å². The molecule has 0 saturated heterocycles. The van der Waals surface area contributed by atoms with Crippen LogP contribution in [-0.2, 0) is 11.4 Å². The van der Waals surface area contributed by atoms with Crippen LogP contribution in [0.2, 0.25) is 0 Å². The summed E-state index contributed by atoms with van der Waals surface area (Å²) in [6, 6.07) is 14.9. The normalized spacial score (nSPS) is 11.4. The van der Waals surface area contributed by atoms with Gasteiger partial charge in [-0.1, -0.05) is 52.3 Å². The van der Waals surface area contributed by atoms with Crippen LogP contribution in [0.5, 0.6) is 5.75 Å². The van der Waals surface area contributed by atoms with E-state index in [2.05, 4.69) is 15.9 Å². The molecule has 0 heterocycles. The molecule has 8 heteroatoms. The quantitative estimate of drug-likeness (QED) is 0.518. The van der Waals surface area contributed by atoms with Gasteiger partial charge in [-0.15, -0.1) is 0 Å². The zero-order valence-electron chi connectivity index (χ0n) is 13.6. The van der Waals surface area contributed by atoms with Crippen LogP contribution >= 0.6 is 15.9 Å². The fraction of sp³-hybridized carbons (Fsp3) is 0.105. The van der Waals surface area contributed by atoms with Gasteiger partial charge in [-0.3, -0.25) is 4.79 Å². The number of benzene rings is 3. The number of hydrogen-bond donors (Lipinski definition) is 1. The number of nitrogens with one attached hydrogen (secondary N) is 1. The van der Waals surface area contributed by atoms with Crippen molar-refractivity contribution in [1.82, 2.24) is 0 Å². The summed E-state index contributed by atoms with van der Waals surface area (Å²) in [7, 11) is 0. The number of halogens is 5. The van der Waals surface area contributed by atoms with Crippen molar-refractivity contribution < 1.29 is 27.1 Å². The molecule has 27 heavy (non-hydrogen) atoms. The largest absolute Gasteiger partial charge is 0.487 e. The van der Waals surface area contributed by atoms with E-state index in [1.54, 1.807) is 47.8 Å². The average molecular weight is 442 g/mol. The van der Waals surface area contributed by atoms with Gasteiger partial charge in [0.15, 0.2) is 5.82 Å². The molecule has 0 saturated carbocycles. The number of hydrogen-bond acceptors (Lipinski definition) is 2. The number of carbonyl (C=O) groups is 1. The lowest BCUT2D eigenvalue weighted by molar-refractivity contribution is -0.167. The van der Waals surface area contributed by atoms with Gasteiger partial charge in [0.2, 0.25) is 0 Å². The Morgan fingerprint density at radius 2 is 1.78 bits per heavy atom. The Morgan fingerprint density at radius 1 is 1.07 bits per heavy atom. The maximum absolute atomic E-state index is 14.9. The summed E-state index contributed by atoms with van der Waals surface area (Å²) < 4.78 is 58.9. The second-order valence-corrected chi connectivity index (χ2v) is 6.57. The van der Waals surface area contributed by atoms with Crippen molar-refractivity contribution in [2.24, 2.45) is 0 Å². The summed E-state index contributed by atoms with van der Waals surface area (Å²) in [6.45, 7) is -0.00277. The van der Waals surface area contributed by atoms with Crippen LogP contribution in [0.25, 0.3) is 10.8 Å². The standard InChI is InChI=1S/C19H12BrF4NO2/c20-13-7-6-12-8-15(27-10-11-4-2-1-3-5-11)17(16(21)14(12)9-13)25-18(26)19(22,23)24/h1-9H,10H2,(H,25,26). The molecular formula is C19H12BrF4NO2. The molecular weight excluding hydrogens is 430 g/mol. The second kappa shape index (κ2) is 7.56. The first-order valence-corrected chi connectivity index (χ1v) is 8.51. The molecule has 0 aliphatic heterocycles. The van der Waals surface area contributed by atoms with Crippen LogP contribution in [0.4, 0.5) is 23.2 Å².